The molecule has 1 atom stereocenters. The molecule has 1 N–H and O–H groups in total. The molecule has 1 amide bonds. The zero-order chi connectivity index (χ0) is 27.7. The zero-order valence-electron chi connectivity index (χ0n) is 22.9. The van der Waals surface area contributed by atoms with Crippen LogP contribution in [-0.2, 0) is 22.6 Å². The highest BCUT2D eigenvalue weighted by Crippen LogP contribution is 2.29. The fourth-order valence-electron chi connectivity index (χ4n) is 4.66. The molecule has 1 fully saturated rings. The summed E-state index contributed by atoms with van der Waals surface area (Å²) in [4.78, 5) is 16.4. The van der Waals surface area contributed by atoms with Crippen LogP contribution in [0.5, 0.6) is 17.2 Å². The maximum atomic E-state index is 12.7. The molecule has 1 aromatic heterocycles. The second-order valence-electron chi connectivity index (χ2n) is 9.90. The molecule has 10 heteroatoms. The first-order chi connectivity index (χ1) is 18.9. The van der Waals surface area contributed by atoms with Crippen LogP contribution in [0.2, 0.25) is 0 Å². The quantitative estimate of drug-likeness (QED) is 0.375. The van der Waals surface area contributed by atoms with E-state index in [2.05, 4.69) is 10.00 Å². The van der Waals surface area contributed by atoms with E-state index >= 15 is 0 Å². The van der Waals surface area contributed by atoms with E-state index in [1.54, 1.807) is 12.0 Å². The lowest BCUT2D eigenvalue weighted by molar-refractivity contribution is -0.138. The van der Waals surface area contributed by atoms with Gasteiger partial charge in [-0.1, -0.05) is 24.3 Å². The van der Waals surface area contributed by atoms with Crippen molar-refractivity contribution in [2.24, 2.45) is 0 Å². The molecule has 1 aliphatic rings. The number of aromatic nitrogens is 2. The van der Waals surface area contributed by atoms with Gasteiger partial charge in [0.2, 0.25) is 5.91 Å². The SMILES string of the molecule is COCC(=O)N1CCN(Cc2ccc(OCCn3cc(C)cn3)c(OC)c2)C[C@@](O)(COc2ccccc2)C1. The summed E-state index contributed by atoms with van der Waals surface area (Å²) < 4.78 is 24.4. The lowest BCUT2D eigenvalue weighted by Gasteiger charge is -2.33. The zero-order valence-corrected chi connectivity index (χ0v) is 22.9. The number of rotatable bonds is 12. The molecule has 2 heterocycles. The van der Waals surface area contributed by atoms with Crippen LogP contribution in [0.4, 0.5) is 0 Å². The standard InChI is InChI=1S/C29H38N4O6/c1-23-16-30-33(17-23)13-14-38-26-10-9-24(15-27(26)37-3)18-31-11-12-32(28(34)19-36-2)21-29(35,20-31)22-39-25-7-5-4-6-8-25/h4-10,15-17,35H,11-14,18-22H2,1-3H3/t29-/m0/s1. The lowest BCUT2D eigenvalue weighted by atomic mass is 10.0. The van der Waals surface area contributed by atoms with E-state index < -0.39 is 5.60 Å². The summed E-state index contributed by atoms with van der Waals surface area (Å²) in [5.41, 5.74) is 0.841. The van der Waals surface area contributed by atoms with Gasteiger partial charge in [0.1, 0.15) is 31.2 Å². The number of aryl methyl sites for hydroxylation is 1. The Hall–Kier alpha value is -3.60. The highest BCUT2D eigenvalue weighted by Gasteiger charge is 2.37. The minimum atomic E-state index is -1.27. The number of methoxy groups -OCH3 is 2. The van der Waals surface area contributed by atoms with Crippen LogP contribution < -0.4 is 14.2 Å². The van der Waals surface area contributed by atoms with Gasteiger partial charge in [-0.05, 0) is 42.3 Å². The molecule has 0 aliphatic carbocycles. The predicted molar refractivity (Wildman–Crippen MR) is 146 cm³/mol. The number of ether oxygens (including phenoxy) is 4. The maximum absolute atomic E-state index is 12.7. The number of hydrogen-bond donors (Lipinski definition) is 1. The highest BCUT2D eigenvalue weighted by molar-refractivity contribution is 5.77. The number of aliphatic hydroxyl groups is 1. The normalized spacial score (nSPS) is 18.0. The van der Waals surface area contributed by atoms with Crippen molar-refractivity contribution in [3.05, 3.63) is 72.1 Å². The van der Waals surface area contributed by atoms with Crippen LogP contribution in [0.15, 0.2) is 60.9 Å². The Morgan fingerprint density at radius 3 is 2.59 bits per heavy atom. The minimum Gasteiger partial charge on any atom is -0.493 e. The molecule has 1 aliphatic heterocycles. The summed E-state index contributed by atoms with van der Waals surface area (Å²) in [5, 5.41) is 15.9. The van der Waals surface area contributed by atoms with Crippen LogP contribution in [0.25, 0.3) is 0 Å². The Morgan fingerprint density at radius 2 is 1.87 bits per heavy atom. The number of carbonyl (C=O) groups excluding carboxylic acids is 1. The molecule has 0 radical (unpaired) electrons. The first kappa shape index (κ1) is 28.4. The molecule has 210 valence electrons. The molecular formula is C29H38N4O6. The van der Waals surface area contributed by atoms with Gasteiger partial charge in [-0.3, -0.25) is 14.4 Å². The number of nitrogens with zero attached hydrogens (tertiary/aromatic N) is 4. The summed E-state index contributed by atoms with van der Waals surface area (Å²) in [6.07, 6.45) is 3.79. The van der Waals surface area contributed by atoms with Crippen LogP contribution >= 0.6 is 0 Å². The van der Waals surface area contributed by atoms with E-state index in [1.807, 2.05) is 72.5 Å². The van der Waals surface area contributed by atoms with Crippen molar-refractivity contribution >= 4 is 5.91 Å². The van der Waals surface area contributed by atoms with Crippen molar-refractivity contribution in [3.8, 4) is 17.2 Å². The van der Waals surface area contributed by atoms with Crippen molar-refractivity contribution < 1.29 is 28.8 Å². The Balaban J connectivity index is 1.43. The first-order valence-corrected chi connectivity index (χ1v) is 13.1. The number of para-hydroxylation sites is 1. The van der Waals surface area contributed by atoms with E-state index in [0.717, 1.165) is 11.1 Å². The number of hydrogen-bond acceptors (Lipinski definition) is 8. The van der Waals surface area contributed by atoms with Crippen LogP contribution in [0.1, 0.15) is 11.1 Å². The second-order valence-corrected chi connectivity index (χ2v) is 9.90. The van der Waals surface area contributed by atoms with Crippen LogP contribution in [-0.4, -0.2) is 96.4 Å². The van der Waals surface area contributed by atoms with Gasteiger partial charge < -0.3 is 29.0 Å². The van der Waals surface area contributed by atoms with Gasteiger partial charge >= 0.3 is 0 Å². The topological polar surface area (TPSA) is 98.5 Å². The monoisotopic (exact) mass is 538 g/mol. The Bertz CT molecular complexity index is 1200. The molecule has 39 heavy (non-hydrogen) atoms. The average molecular weight is 539 g/mol. The van der Waals surface area contributed by atoms with Gasteiger partial charge in [-0.15, -0.1) is 0 Å². The highest BCUT2D eigenvalue weighted by atomic mass is 16.5. The largest absolute Gasteiger partial charge is 0.493 e. The molecule has 3 aromatic rings. The van der Waals surface area contributed by atoms with E-state index in [9.17, 15) is 9.90 Å². The smallest absolute Gasteiger partial charge is 0.248 e. The van der Waals surface area contributed by atoms with Crippen molar-refractivity contribution in [1.29, 1.82) is 0 Å². The van der Waals surface area contributed by atoms with Gasteiger partial charge in [0.25, 0.3) is 0 Å². The van der Waals surface area contributed by atoms with E-state index in [1.165, 1.54) is 7.11 Å². The fraction of sp³-hybridized carbons (Fsp3) is 0.448. The third-order valence-electron chi connectivity index (χ3n) is 6.53. The summed E-state index contributed by atoms with van der Waals surface area (Å²) in [7, 11) is 3.11. The molecule has 0 unspecified atom stereocenters. The summed E-state index contributed by atoms with van der Waals surface area (Å²) in [5.74, 6) is 1.80. The maximum Gasteiger partial charge on any atom is 0.248 e. The van der Waals surface area contributed by atoms with Crippen LogP contribution in [0, 0.1) is 6.92 Å². The fourth-order valence-corrected chi connectivity index (χ4v) is 4.66. The number of β-amino-alcohol motifs (C(OH)–C–C–N with tert-alkyl or cyclic N) is 1. The van der Waals surface area contributed by atoms with Crippen molar-refractivity contribution in [1.82, 2.24) is 19.6 Å². The Kier molecular flexibility index (Phi) is 9.80. The van der Waals surface area contributed by atoms with Crippen molar-refractivity contribution in [3.63, 3.8) is 0 Å². The minimum absolute atomic E-state index is 0.0334. The van der Waals surface area contributed by atoms with E-state index in [-0.39, 0.29) is 25.7 Å². The van der Waals surface area contributed by atoms with Crippen LogP contribution in [0.3, 0.4) is 0 Å². The number of amides is 1. The third kappa shape index (κ3) is 8.19. The van der Waals surface area contributed by atoms with Crippen molar-refractivity contribution in [2.45, 2.75) is 25.6 Å². The summed E-state index contributed by atoms with van der Waals surface area (Å²) in [6.45, 7) is 5.23. The Morgan fingerprint density at radius 1 is 1.05 bits per heavy atom. The Labute approximate surface area is 229 Å². The van der Waals surface area contributed by atoms with Gasteiger partial charge in [0.15, 0.2) is 11.5 Å². The molecule has 0 bridgehead atoms. The van der Waals surface area contributed by atoms with Gasteiger partial charge in [-0.25, -0.2) is 0 Å². The molecule has 0 spiro atoms. The molecule has 4 rings (SSSR count). The lowest BCUT2D eigenvalue weighted by Crippen LogP contribution is -2.52. The predicted octanol–water partition coefficient (Wildman–Crippen LogP) is 2.38. The number of benzene rings is 2. The average Bonchev–Trinajstić information content (AvgIpc) is 3.27. The van der Waals surface area contributed by atoms with Gasteiger partial charge in [0, 0.05) is 39.5 Å². The van der Waals surface area contributed by atoms with E-state index in [0.29, 0.717) is 56.6 Å². The van der Waals surface area contributed by atoms with E-state index in [4.69, 9.17) is 18.9 Å². The molecule has 0 saturated carbocycles. The first-order valence-electron chi connectivity index (χ1n) is 13.1. The number of carbonyl (C=O) groups is 1. The second kappa shape index (κ2) is 13.5. The van der Waals surface area contributed by atoms with Gasteiger partial charge in [0.05, 0.1) is 26.4 Å². The molecular weight excluding hydrogens is 500 g/mol. The molecule has 1 saturated heterocycles. The summed E-state index contributed by atoms with van der Waals surface area (Å²) in [6, 6.07) is 15.2. The third-order valence-corrected chi connectivity index (χ3v) is 6.53. The van der Waals surface area contributed by atoms with Gasteiger partial charge in [-0.2, -0.15) is 5.10 Å². The van der Waals surface area contributed by atoms with Crippen molar-refractivity contribution in [2.75, 3.05) is 60.2 Å². The molecule has 10 nitrogen and oxygen atoms in total. The molecule has 2 aromatic carbocycles. The summed E-state index contributed by atoms with van der Waals surface area (Å²) >= 11 is 0.